The highest BCUT2D eigenvalue weighted by atomic mass is 79.9. The van der Waals surface area contributed by atoms with Crippen molar-refractivity contribution in [2.45, 2.75) is 29.6 Å². The lowest BCUT2D eigenvalue weighted by Crippen LogP contribution is -2.39. The van der Waals surface area contributed by atoms with Gasteiger partial charge >= 0.3 is 0 Å². The summed E-state index contributed by atoms with van der Waals surface area (Å²) in [4.78, 5) is 12.9. The Bertz CT molecular complexity index is 712. The van der Waals surface area contributed by atoms with Crippen molar-refractivity contribution in [3.05, 3.63) is 70.8 Å². The van der Waals surface area contributed by atoms with E-state index in [1.165, 1.54) is 22.3 Å². The SMILES string of the molecule is O=C(NC1c2ccccc2CC1Br)C1Cc2ccccc21. The standard InChI is InChI=1S/C18H16BrNO/c19-16-10-12-6-2-4-8-14(12)17(16)20-18(21)15-9-11-5-1-3-7-13(11)15/h1-8,15-17H,9-10H2,(H,20,21). The first-order chi connectivity index (χ1) is 10.2. The lowest BCUT2D eigenvalue weighted by molar-refractivity contribution is -0.123. The summed E-state index contributed by atoms with van der Waals surface area (Å²) >= 11 is 3.72. The molecule has 4 rings (SSSR count). The van der Waals surface area contributed by atoms with Crippen molar-refractivity contribution < 1.29 is 4.79 Å². The fourth-order valence-corrected chi connectivity index (χ4v) is 4.23. The Labute approximate surface area is 132 Å². The van der Waals surface area contributed by atoms with Crippen LogP contribution in [0, 0.1) is 0 Å². The first kappa shape index (κ1) is 13.1. The molecule has 0 heterocycles. The van der Waals surface area contributed by atoms with Crippen molar-refractivity contribution in [2.75, 3.05) is 0 Å². The van der Waals surface area contributed by atoms with Gasteiger partial charge in [0.25, 0.3) is 0 Å². The highest BCUT2D eigenvalue weighted by molar-refractivity contribution is 9.09. The third-order valence-electron chi connectivity index (χ3n) is 4.64. The Morgan fingerprint density at radius 1 is 0.952 bits per heavy atom. The van der Waals surface area contributed by atoms with E-state index in [1.54, 1.807) is 0 Å². The fourth-order valence-electron chi connectivity index (χ4n) is 3.46. The highest BCUT2D eigenvalue weighted by Gasteiger charge is 2.36. The summed E-state index contributed by atoms with van der Waals surface area (Å²) in [6.07, 6.45) is 1.84. The lowest BCUT2D eigenvalue weighted by Gasteiger charge is -2.30. The third-order valence-corrected chi connectivity index (χ3v) is 5.49. The molecule has 2 aliphatic rings. The van der Waals surface area contributed by atoms with Crippen LogP contribution >= 0.6 is 15.9 Å². The van der Waals surface area contributed by atoms with Crippen molar-refractivity contribution in [2.24, 2.45) is 0 Å². The van der Waals surface area contributed by atoms with Crippen LogP contribution in [0.25, 0.3) is 0 Å². The van der Waals surface area contributed by atoms with Crippen LogP contribution in [-0.4, -0.2) is 10.7 Å². The van der Waals surface area contributed by atoms with Crippen LogP contribution in [0.5, 0.6) is 0 Å². The predicted octanol–water partition coefficient (Wildman–Crippen LogP) is 3.50. The first-order valence-electron chi connectivity index (χ1n) is 7.34. The Kier molecular flexibility index (Phi) is 3.11. The van der Waals surface area contributed by atoms with Crippen molar-refractivity contribution in [1.82, 2.24) is 5.32 Å². The molecule has 2 nitrogen and oxygen atoms in total. The number of alkyl halides is 1. The number of amides is 1. The van der Waals surface area contributed by atoms with Gasteiger partial charge in [0.05, 0.1) is 12.0 Å². The number of hydrogen-bond donors (Lipinski definition) is 1. The minimum Gasteiger partial charge on any atom is -0.348 e. The Morgan fingerprint density at radius 2 is 1.57 bits per heavy atom. The molecule has 2 aromatic carbocycles. The van der Waals surface area contributed by atoms with Gasteiger partial charge in [-0.25, -0.2) is 0 Å². The lowest BCUT2D eigenvalue weighted by atomic mass is 9.77. The van der Waals surface area contributed by atoms with E-state index in [4.69, 9.17) is 0 Å². The Balaban J connectivity index is 1.54. The molecule has 3 atom stereocenters. The predicted molar refractivity (Wildman–Crippen MR) is 86.6 cm³/mol. The van der Waals surface area contributed by atoms with E-state index in [9.17, 15) is 4.79 Å². The van der Waals surface area contributed by atoms with Gasteiger partial charge in [0, 0.05) is 4.83 Å². The molecule has 0 radical (unpaired) electrons. The zero-order valence-electron chi connectivity index (χ0n) is 11.6. The Hall–Kier alpha value is -1.61. The molecule has 3 heteroatoms. The Morgan fingerprint density at radius 3 is 2.29 bits per heavy atom. The van der Waals surface area contributed by atoms with Gasteiger partial charge in [0.2, 0.25) is 5.91 Å². The summed E-state index contributed by atoms with van der Waals surface area (Å²) in [5.74, 6) is 0.175. The number of fused-ring (bicyclic) bond motifs is 2. The molecular formula is C18H16BrNO. The molecule has 1 N–H and O–H groups in total. The summed E-state index contributed by atoms with van der Waals surface area (Å²) in [5.41, 5.74) is 5.08. The second kappa shape index (κ2) is 4.99. The topological polar surface area (TPSA) is 29.1 Å². The van der Waals surface area contributed by atoms with E-state index >= 15 is 0 Å². The maximum Gasteiger partial charge on any atom is 0.228 e. The second-order valence-corrected chi connectivity index (χ2v) is 7.04. The molecule has 0 bridgehead atoms. The summed E-state index contributed by atoms with van der Waals surface area (Å²) < 4.78 is 0. The minimum absolute atomic E-state index is 0.0219. The molecular weight excluding hydrogens is 326 g/mol. The van der Waals surface area contributed by atoms with Crippen molar-refractivity contribution in [3.8, 4) is 0 Å². The minimum atomic E-state index is 0.0219. The van der Waals surface area contributed by atoms with E-state index in [0.717, 1.165) is 12.8 Å². The van der Waals surface area contributed by atoms with E-state index < -0.39 is 0 Å². The van der Waals surface area contributed by atoms with Crippen LogP contribution in [0.3, 0.4) is 0 Å². The largest absolute Gasteiger partial charge is 0.348 e. The van der Waals surface area contributed by atoms with Gasteiger partial charge in [-0.05, 0) is 35.1 Å². The number of rotatable bonds is 2. The fraction of sp³-hybridized carbons (Fsp3) is 0.278. The van der Waals surface area contributed by atoms with Gasteiger partial charge in [0.1, 0.15) is 0 Å². The van der Waals surface area contributed by atoms with Crippen molar-refractivity contribution >= 4 is 21.8 Å². The quantitative estimate of drug-likeness (QED) is 0.832. The molecule has 2 aromatic rings. The van der Waals surface area contributed by atoms with Crippen LogP contribution in [0.2, 0.25) is 0 Å². The molecule has 0 saturated carbocycles. The summed E-state index contributed by atoms with van der Waals surface area (Å²) in [7, 11) is 0. The highest BCUT2D eigenvalue weighted by Crippen LogP contribution is 2.39. The van der Waals surface area contributed by atoms with Crippen LogP contribution in [-0.2, 0) is 17.6 Å². The first-order valence-corrected chi connectivity index (χ1v) is 8.25. The maximum atomic E-state index is 12.6. The molecule has 2 aliphatic carbocycles. The van der Waals surface area contributed by atoms with Crippen LogP contribution in [0.15, 0.2) is 48.5 Å². The molecule has 0 fully saturated rings. The van der Waals surface area contributed by atoms with E-state index in [2.05, 4.69) is 51.6 Å². The van der Waals surface area contributed by atoms with E-state index in [0.29, 0.717) is 0 Å². The smallest absolute Gasteiger partial charge is 0.228 e. The molecule has 3 unspecified atom stereocenters. The average molecular weight is 342 g/mol. The van der Waals surface area contributed by atoms with Crippen LogP contribution < -0.4 is 5.32 Å². The zero-order valence-corrected chi connectivity index (χ0v) is 13.1. The van der Waals surface area contributed by atoms with Crippen LogP contribution in [0.1, 0.15) is 34.2 Å². The number of nitrogens with one attached hydrogen (secondary N) is 1. The van der Waals surface area contributed by atoms with Gasteiger partial charge in [-0.15, -0.1) is 0 Å². The number of halogens is 1. The summed E-state index contributed by atoms with van der Waals surface area (Å²) in [6, 6.07) is 16.7. The molecule has 0 aromatic heterocycles. The molecule has 106 valence electrons. The summed E-state index contributed by atoms with van der Waals surface area (Å²) in [6.45, 7) is 0. The monoisotopic (exact) mass is 341 g/mol. The molecule has 0 aliphatic heterocycles. The van der Waals surface area contributed by atoms with Gasteiger partial charge < -0.3 is 5.32 Å². The van der Waals surface area contributed by atoms with Crippen LogP contribution in [0.4, 0.5) is 0 Å². The number of carbonyl (C=O) groups is 1. The maximum absolute atomic E-state index is 12.6. The molecule has 21 heavy (non-hydrogen) atoms. The number of hydrogen-bond acceptors (Lipinski definition) is 1. The van der Waals surface area contributed by atoms with Gasteiger partial charge in [-0.2, -0.15) is 0 Å². The van der Waals surface area contributed by atoms with E-state index in [1.807, 2.05) is 18.2 Å². The zero-order chi connectivity index (χ0) is 14.4. The summed E-state index contributed by atoms with van der Waals surface area (Å²) in [5, 5.41) is 3.24. The number of benzene rings is 2. The van der Waals surface area contributed by atoms with Gasteiger partial charge in [0.15, 0.2) is 0 Å². The van der Waals surface area contributed by atoms with Gasteiger partial charge in [-0.3, -0.25) is 4.79 Å². The second-order valence-electron chi connectivity index (χ2n) is 5.86. The van der Waals surface area contributed by atoms with E-state index in [-0.39, 0.29) is 22.7 Å². The normalized spacial score (nSPS) is 25.7. The molecule has 1 amide bonds. The number of carbonyl (C=O) groups excluding carboxylic acids is 1. The van der Waals surface area contributed by atoms with Gasteiger partial charge in [-0.1, -0.05) is 64.5 Å². The van der Waals surface area contributed by atoms with Crippen molar-refractivity contribution in [3.63, 3.8) is 0 Å². The average Bonchev–Trinajstić information content (AvgIpc) is 2.77. The molecule has 0 spiro atoms. The molecule has 0 saturated heterocycles. The van der Waals surface area contributed by atoms with Crippen molar-refractivity contribution in [1.29, 1.82) is 0 Å². The third kappa shape index (κ3) is 2.11.